The molecule has 2 heterocycles. The van der Waals surface area contributed by atoms with E-state index in [0.29, 0.717) is 24.7 Å². The molecular weight excluding hydrogens is 394 g/mol. The summed E-state index contributed by atoms with van der Waals surface area (Å²) in [5.41, 5.74) is 1.85. The van der Waals surface area contributed by atoms with Crippen LogP contribution in [-0.2, 0) is 16.1 Å². The number of likely N-dealkylation sites (N-methyl/N-ethyl adjacent to an activating group) is 1. The van der Waals surface area contributed by atoms with Gasteiger partial charge in [-0.05, 0) is 37.1 Å². The number of carbonyl (C=O) groups excluding carboxylic acids is 3. The summed E-state index contributed by atoms with van der Waals surface area (Å²) in [5, 5.41) is 7.11. The fourth-order valence-corrected chi connectivity index (χ4v) is 3.71. The van der Waals surface area contributed by atoms with Gasteiger partial charge < -0.3 is 25.4 Å². The van der Waals surface area contributed by atoms with Crippen molar-refractivity contribution >= 4 is 40.3 Å². The molecule has 2 aromatic rings. The summed E-state index contributed by atoms with van der Waals surface area (Å²) in [6.45, 7) is 2.84. The minimum atomic E-state index is -0.234. The lowest BCUT2D eigenvalue weighted by Crippen LogP contribution is -2.53. The van der Waals surface area contributed by atoms with Gasteiger partial charge >= 0.3 is 6.03 Å². The third-order valence-corrected chi connectivity index (χ3v) is 5.41. The van der Waals surface area contributed by atoms with Gasteiger partial charge in [-0.1, -0.05) is 11.6 Å². The van der Waals surface area contributed by atoms with Crippen LogP contribution in [0, 0.1) is 0 Å². The molecule has 156 valence electrons. The van der Waals surface area contributed by atoms with Crippen molar-refractivity contribution in [2.24, 2.45) is 0 Å². The molecule has 1 saturated heterocycles. The molecule has 0 spiro atoms. The number of piperidine rings is 1. The Morgan fingerprint density at radius 2 is 2.07 bits per heavy atom. The number of amides is 4. The number of H-pyrrole nitrogens is 1. The summed E-state index contributed by atoms with van der Waals surface area (Å²) in [4.78, 5) is 42.5. The van der Waals surface area contributed by atoms with Crippen molar-refractivity contribution in [2.45, 2.75) is 32.4 Å². The number of carbonyl (C=O) groups is 3. The van der Waals surface area contributed by atoms with Crippen molar-refractivity contribution in [3.05, 3.63) is 35.0 Å². The molecule has 8 nitrogen and oxygen atoms in total. The second-order valence-corrected chi connectivity index (χ2v) is 7.78. The molecule has 4 amide bonds. The number of halogens is 1. The average Bonchev–Trinajstić information content (AvgIpc) is 3.11. The van der Waals surface area contributed by atoms with Crippen LogP contribution in [0.4, 0.5) is 4.79 Å². The van der Waals surface area contributed by atoms with Gasteiger partial charge in [0.05, 0.1) is 19.1 Å². The minimum absolute atomic E-state index is 0.0115. The topological polar surface area (TPSA) is 97.5 Å². The van der Waals surface area contributed by atoms with E-state index in [1.54, 1.807) is 16.8 Å². The Morgan fingerprint density at radius 3 is 2.83 bits per heavy atom. The number of urea groups is 1. The first-order chi connectivity index (χ1) is 13.8. The summed E-state index contributed by atoms with van der Waals surface area (Å²) >= 11 is 6.01. The fourth-order valence-electron chi connectivity index (χ4n) is 3.53. The third-order valence-electron chi connectivity index (χ3n) is 5.17. The summed E-state index contributed by atoms with van der Waals surface area (Å²) in [6, 6.07) is 7.31. The van der Waals surface area contributed by atoms with Crippen molar-refractivity contribution in [2.75, 3.05) is 26.7 Å². The van der Waals surface area contributed by atoms with E-state index in [1.165, 1.54) is 6.92 Å². The lowest BCUT2D eigenvalue weighted by atomic mass is 10.0. The fraction of sp³-hybridized carbons (Fsp3) is 0.450. The first-order valence-electron chi connectivity index (χ1n) is 9.63. The van der Waals surface area contributed by atoms with E-state index in [9.17, 15) is 14.4 Å². The van der Waals surface area contributed by atoms with Gasteiger partial charge in [-0.15, -0.1) is 0 Å². The van der Waals surface area contributed by atoms with Crippen LogP contribution in [0.3, 0.4) is 0 Å². The maximum Gasteiger partial charge on any atom is 0.317 e. The summed E-state index contributed by atoms with van der Waals surface area (Å²) in [6.07, 6.45) is 1.65. The van der Waals surface area contributed by atoms with Crippen LogP contribution < -0.4 is 10.6 Å². The number of hydrogen-bond acceptors (Lipinski definition) is 3. The van der Waals surface area contributed by atoms with Crippen LogP contribution in [0.15, 0.2) is 24.3 Å². The van der Waals surface area contributed by atoms with Gasteiger partial charge in [-0.25, -0.2) is 4.79 Å². The highest BCUT2D eigenvalue weighted by Crippen LogP contribution is 2.20. The quantitative estimate of drug-likeness (QED) is 0.692. The number of fused-ring (bicyclic) bond motifs is 1. The van der Waals surface area contributed by atoms with Crippen molar-refractivity contribution in [1.29, 1.82) is 0 Å². The first-order valence-corrected chi connectivity index (χ1v) is 10.0. The lowest BCUT2D eigenvalue weighted by molar-refractivity contribution is -0.134. The first kappa shape index (κ1) is 21.0. The van der Waals surface area contributed by atoms with Crippen LogP contribution in [0.25, 0.3) is 10.9 Å². The van der Waals surface area contributed by atoms with Crippen LogP contribution in [0.1, 0.15) is 25.5 Å². The van der Waals surface area contributed by atoms with Crippen molar-refractivity contribution in [3.8, 4) is 0 Å². The molecule has 9 heteroatoms. The molecule has 0 unspecified atom stereocenters. The Bertz CT molecular complexity index is 913. The van der Waals surface area contributed by atoms with E-state index < -0.39 is 0 Å². The number of nitrogens with zero attached hydrogens (tertiary/aromatic N) is 2. The smallest absolute Gasteiger partial charge is 0.317 e. The SMILES string of the molecule is CC(=O)NCC(=O)N1CCC[C@@H](N(C)C(=O)NCc2cc3cc(Cl)ccc3[nH]2)C1. The molecule has 3 N–H and O–H groups in total. The number of nitrogens with one attached hydrogen (secondary N) is 3. The van der Waals surface area contributed by atoms with Crippen molar-refractivity contribution < 1.29 is 14.4 Å². The van der Waals surface area contributed by atoms with Crippen molar-refractivity contribution in [1.82, 2.24) is 25.4 Å². The number of likely N-dealkylation sites (tertiary alicyclic amines) is 1. The summed E-state index contributed by atoms with van der Waals surface area (Å²) in [7, 11) is 1.74. The molecule has 1 aliphatic rings. The largest absolute Gasteiger partial charge is 0.357 e. The summed E-state index contributed by atoms with van der Waals surface area (Å²) in [5.74, 6) is -0.363. The standard InChI is InChI=1S/C20H26ClN5O3/c1-13(27)22-11-19(28)26-7-3-4-17(12-26)25(2)20(29)23-10-16-9-14-8-15(21)5-6-18(14)24-16/h5-6,8-9,17,24H,3-4,7,10-12H2,1-2H3,(H,22,27)(H,23,29)/t17-/m1/s1. The highest BCUT2D eigenvalue weighted by atomic mass is 35.5. The number of aromatic nitrogens is 1. The minimum Gasteiger partial charge on any atom is -0.357 e. The Labute approximate surface area is 174 Å². The van der Waals surface area contributed by atoms with Gasteiger partial charge in [0.1, 0.15) is 0 Å². The highest BCUT2D eigenvalue weighted by molar-refractivity contribution is 6.31. The van der Waals surface area contributed by atoms with Crippen LogP contribution in [0.5, 0.6) is 0 Å². The molecule has 0 aliphatic carbocycles. The molecule has 0 saturated carbocycles. The van der Waals surface area contributed by atoms with E-state index in [4.69, 9.17) is 11.6 Å². The van der Waals surface area contributed by atoms with Crippen LogP contribution >= 0.6 is 11.6 Å². The van der Waals surface area contributed by atoms with E-state index in [0.717, 1.165) is 29.4 Å². The molecule has 1 aliphatic heterocycles. The second-order valence-electron chi connectivity index (χ2n) is 7.34. The summed E-state index contributed by atoms with van der Waals surface area (Å²) < 4.78 is 0. The molecule has 1 fully saturated rings. The van der Waals surface area contributed by atoms with Crippen LogP contribution in [0.2, 0.25) is 5.02 Å². The van der Waals surface area contributed by atoms with Gasteiger partial charge in [0.15, 0.2) is 0 Å². The second kappa shape index (κ2) is 9.17. The Morgan fingerprint density at radius 1 is 1.28 bits per heavy atom. The zero-order valence-electron chi connectivity index (χ0n) is 16.6. The van der Waals surface area contributed by atoms with Gasteiger partial charge in [-0.3, -0.25) is 9.59 Å². The van der Waals surface area contributed by atoms with Gasteiger partial charge in [0, 0.05) is 48.7 Å². The molecule has 0 bridgehead atoms. The molecule has 1 aromatic heterocycles. The predicted molar refractivity (Wildman–Crippen MR) is 112 cm³/mol. The van der Waals surface area contributed by atoms with E-state index in [2.05, 4.69) is 15.6 Å². The molecule has 0 radical (unpaired) electrons. The highest BCUT2D eigenvalue weighted by Gasteiger charge is 2.28. The molecule has 1 aromatic carbocycles. The zero-order chi connectivity index (χ0) is 21.0. The van der Waals surface area contributed by atoms with E-state index >= 15 is 0 Å². The normalized spacial score (nSPS) is 16.5. The molecule has 29 heavy (non-hydrogen) atoms. The Kier molecular flexibility index (Phi) is 6.64. The predicted octanol–water partition coefficient (Wildman–Crippen LogP) is 2.09. The lowest BCUT2D eigenvalue weighted by Gasteiger charge is -2.37. The number of rotatable bonds is 5. The number of aromatic amines is 1. The monoisotopic (exact) mass is 419 g/mol. The zero-order valence-corrected chi connectivity index (χ0v) is 17.4. The Balaban J connectivity index is 1.53. The Hall–Kier alpha value is -2.74. The van der Waals surface area contributed by atoms with Crippen LogP contribution in [-0.4, -0.2) is 65.4 Å². The number of hydrogen-bond donors (Lipinski definition) is 3. The molecular formula is C20H26ClN5O3. The molecule has 3 rings (SSSR count). The number of benzene rings is 1. The maximum atomic E-state index is 12.6. The van der Waals surface area contributed by atoms with Crippen molar-refractivity contribution in [3.63, 3.8) is 0 Å². The molecule has 1 atom stereocenters. The maximum absolute atomic E-state index is 12.6. The van der Waals surface area contributed by atoms with Gasteiger partial charge in [0.25, 0.3) is 0 Å². The van der Waals surface area contributed by atoms with E-state index in [1.807, 2.05) is 24.3 Å². The van der Waals surface area contributed by atoms with Gasteiger partial charge in [-0.2, -0.15) is 0 Å². The van der Waals surface area contributed by atoms with Gasteiger partial charge in [0.2, 0.25) is 11.8 Å². The third kappa shape index (κ3) is 5.41. The average molecular weight is 420 g/mol. The van der Waals surface area contributed by atoms with E-state index in [-0.39, 0.29) is 30.4 Å².